The quantitative estimate of drug-likeness (QED) is 0.630. The lowest BCUT2D eigenvalue weighted by Crippen LogP contribution is -2.67. The van der Waals surface area contributed by atoms with E-state index in [1.807, 2.05) is 0 Å². The summed E-state index contributed by atoms with van der Waals surface area (Å²) in [6.07, 6.45) is 3.91. The Morgan fingerprint density at radius 2 is 2.08 bits per heavy atom. The van der Waals surface area contributed by atoms with Crippen LogP contribution in [0.2, 0.25) is 0 Å². The molecule has 3 heterocycles. The fourth-order valence-corrected chi connectivity index (χ4v) is 3.09. The lowest BCUT2D eigenvalue weighted by molar-refractivity contribution is 0.0789. The first-order chi connectivity index (χ1) is 11.5. The second-order valence-corrected chi connectivity index (χ2v) is 6.18. The molecule has 2 aromatic heterocycles. The Labute approximate surface area is 137 Å². The van der Waals surface area contributed by atoms with Gasteiger partial charge in [0.15, 0.2) is 0 Å². The first kappa shape index (κ1) is 14.5. The fraction of sp³-hybridized carbons (Fsp3) is 0.333. The van der Waals surface area contributed by atoms with Crippen molar-refractivity contribution in [3.05, 3.63) is 40.1 Å². The van der Waals surface area contributed by atoms with Crippen molar-refractivity contribution in [1.82, 2.24) is 20.0 Å². The van der Waals surface area contributed by atoms with Crippen molar-refractivity contribution in [2.45, 2.75) is 31.8 Å². The van der Waals surface area contributed by atoms with Crippen LogP contribution in [0.1, 0.15) is 35.3 Å². The molecule has 1 amide bonds. The lowest BCUT2D eigenvalue weighted by atomic mass is 9.84. The second-order valence-electron chi connectivity index (χ2n) is 6.18. The molecule has 0 saturated heterocycles. The van der Waals surface area contributed by atoms with Crippen LogP contribution >= 0.6 is 0 Å². The molecule has 1 spiro atoms. The van der Waals surface area contributed by atoms with Crippen molar-refractivity contribution < 1.29 is 4.79 Å². The van der Waals surface area contributed by atoms with Gasteiger partial charge in [-0.1, -0.05) is 0 Å². The normalized spacial score (nSPS) is 17.5. The number of nitrogens with zero attached hydrogens (tertiary/aromatic N) is 3. The Morgan fingerprint density at radius 3 is 2.75 bits per heavy atom. The van der Waals surface area contributed by atoms with Crippen LogP contribution in [-0.2, 0) is 0 Å². The lowest BCUT2D eigenvalue weighted by Gasteiger charge is -2.47. The molecule has 0 unspecified atom stereocenters. The van der Waals surface area contributed by atoms with Gasteiger partial charge in [-0.25, -0.2) is 14.6 Å². The fourth-order valence-electron chi connectivity index (χ4n) is 3.09. The van der Waals surface area contributed by atoms with Gasteiger partial charge in [0.1, 0.15) is 35.0 Å². The highest BCUT2D eigenvalue weighted by atomic mass is 16.2. The number of nitrogens with one attached hydrogen (secondary N) is 3. The first-order valence-corrected chi connectivity index (χ1v) is 7.69. The van der Waals surface area contributed by atoms with E-state index in [4.69, 9.17) is 5.73 Å². The summed E-state index contributed by atoms with van der Waals surface area (Å²) in [4.78, 5) is 33.1. The van der Waals surface area contributed by atoms with E-state index in [0.717, 1.165) is 19.3 Å². The van der Waals surface area contributed by atoms with Crippen LogP contribution in [0.3, 0.4) is 0 Å². The molecule has 0 bridgehead atoms. The second kappa shape index (κ2) is 4.95. The summed E-state index contributed by atoms with van der Waals surface area (Å²) < 4.78 is 1.33. The monoisotopic (exact) mass is 327 g/mol. The van der Waals surface area contributed by atoms with Gasteiger partial charge in [-0.15, -0.1) is 0 Å². The first-order valence-electron chi connectivity index (χ1n) is 7.69. The predicted octanol–water partition coefficient (Wildman–Crippen LogP) is 0.440. The molecule has 1 aliphatic carbocycles. The minimum absolute atomic E-state index is 0.235. The van der Waals surface area contributed by atoms with Crippen molar-refractivity contribution >= 4 is 23.2 Å². The van der Waals surface area contributed by atoms with Crippen molar-refractivity contribution in [1.29, 1.82) is 0 Å². The predicted molar refractivity (Wildman–Crippen MR) is 88.6 cm³/mol. The Balaban J connectivity index is 1.78. The summed E-state index contributed by atoms with van der Waals surface area (Å²) >= 11 is 0. The highest BCUT2D eigenvalue weighted by molar-refractivity contribution is 5.96. The third kappa shape index (κ3) is 2.16. The van der Waals surface area contributed by atoms with Gasteiger partial charge < -0.3 is 16.4 Å². The van der Waals surface area contributed by atoms with Crippen LogP contribution in [0.15, 0.2) is 23.3 Å². The van der Waals surface area contributed by atoms with Gasteiger partial charge in [-0.2, -0.15) is 0 Å². The van der Waals surface area contributed by atoms with Gasteiger partial charge in [0.2, 0.25) is 0 Å². The molecule has 1 aliphatic heterocycles. The number of fused-ring (bicyclic) bond motifs is 1. The molecule has 9 nitrogen and oxygen atoms in total. The number of amides is 1. The number of rotatable bonds is 2. The van der Waals surface area contributed by atoms with Gasteiger partial charge in [-0.3, -0.25) is 15.0 Å². The number of nitrogen functional groups attached to an aromatic ring is 1. The van der Waals surface area contributed by atoms with Gasteiger partial charge in [-0.05, 0) is 37.8 Å². The standard InChI is InChI=1S/C15H17N7O2/c1-8-5-9(19-11-6-10(16)17-7-18-11)14(24)22-12(8)13(23)20-15(21-22)3-2-4-15/h5-7,21H,2-4H2,1H3,(H,20,23)(H3,16,17,18,19). The molecule has 0 radical (unpaired) electrons. The Morgan fingerprint density at radius 1 is 1.29 bits per heavy atom. The average Bonchev–Trinajstić information content (AvgIpc) is 2.50. The molecule has 2 aliphatic rings. The Kier molecular flexibility index (Phi) is 2.99. The zero-order valence-corrected chi connectivity index (χ0v) is 13.1. The van der Waals surface area contributed by atoms with Crippen LogP contribution in [0.25, 0.3) is 0 Å². The van der Waals surface area contributed by atoms with Crippen LogP contribution < -0.4 is 27.4 Å². The Hall–Kier alpha value is -3.10. The molecule has 1 fully saturated rings. The number of carbonyl (C=O) groups excluding carboxylic acids is 1. The van der Waals surface area contributed by atoms with E-state index in [0.29, 0.717) is 28.6 Å². The number of aryl methyl sites for hydroxylation is 1. The third-order valence-corrected chi connectivity index (χ3v) is 4.44. The highest BCUT2D eigenvalue weighted by Gasteiger charge is 2.43. The SMILES string of the molecule is Cc1cc(Nc2cc(N)ncn2)c(=O)n2c1C(=O)NC1(CCC1)N2. The van der Waals surface area contributed by atoms with E-state index in [9.17, 15) is 9.59 Å². The highest BCUT2D eigenvalue weighted by Crippen LogP contribution is 2.33. The maximum atomic E-state index is 12.8. The molecular formula is C15H17N7O2. The van der Waals surface area contributed by atoms with E-state index < -0.39 is 5.66 Å². The summed E-state index contributed by atoms with van der Waals surface area (Å²) in [5.74, 6) is 0.479. The smallest absolute Gasteiger partial charge is 0.293 e. The maximum Gasteiger partial charge on any atom is 0.293 e. The van der Waals surface area contributed by atoms with E-state index >= 15 is 0 Å². The van der Waals surface area contributed by atoms with Gasteiger partial charge in [0, 0.05) is 6.07 Å². The summed E-state index contributed by atoms with van der Waals surface area (Å²) in [6.45, 7) is 1.78. The van der Waals surface area contributed by atoms with Crippen LogP contribution in [0.5, 0.6) is 0 Å². The van der Waals surface area contributed by atoms with Crippen LogP contribution in [0, 0.1) is 6.92 Å². The minimum atomic E-state index is -0.516. The third-order valence-electron chi connectivity index (χ3n) is 4.44. The molecule has 24 heavy (non-hydrogen) atoms. The summed E-state index contributed by atoms with van der Waals surface area (Å²) in [5, 5.41) is 5.91. The van der Waals surface area contributed by atoms with Crippen molar-refractivity contribution in [2.24, 2.45) is 0 Å². The number of carbonyl (C=O) groups is 1. The minimum Gasteiger partial charge on any atom is -0.384 e. The molecule has 0 aromatic carbocycles. The molecule has 1 saturated carbocycles. The number of nitrogens with two attached hydrogens (primary N) is 1. The maximum absolute atomic E-state index is 12.8. The topological polar surface area (TPSA) is 127 Å². The van der Waals surface area contributed by atoms with E-state index in [1.54, 1.807) is 13.0 Å². The van der Waals surface area contributed by atoms with Crippen molar-refractivity contribution in [3.63, 3.8) is 0 Å². The molecule has 9 heteroatoms. The number of hydrogen-bond acceptors (Lipinski definition) is 7. The number of aromatic nitrogens is 3. The summed E-state index contributed by atoms with van der Waals surface area (Å²) in [6, 6.07) is 3.17. The molecule has 5 N–H and O–H groups in total. The zero-order chi connectivity index (χ0) is 16.9. The van der Waals surface area contributed by atoms with Crippen molar-refractivity contribution in [3.8, 4) is 0 Å². The average molecular weight is 327 g/mol. The Bertz CT molecular complexity index is 901. The van der Waals surface area contributed by atoms with Crippen LogP contribution in [-0.4, -0.2) is 26.2 Å². The zero-order valence-electron chi connectivity index (χ0n) is 13.1. The van der Waals surface area contributed by atoms with E-state index in [1.165, 1.54) is 17.1 Å². The van der Waals surface area contributed by atoms with E-state index in [2.05, 4.69) is 26.0 Å². The molecule has 2 aromatic rings. The van der Waals surface area contributed by atoms with Crippen molar-refractivity contribution in [2.75, 3.05) is 16.5 Å². The molecule has 124 valence electrons. The van der Waals surface area contributed by atoms with Gasteiger partial charge >= 0.3 is 0 Å². The summed E-state index contributed by atoms with van der Waals surface area (Å²) in [5.41, 5.74) is 9.25. The largest absolute Gasteiger partial charge is 0.384 e. The molecular weight excluding hydrogens is 310 g/mol. The number of hydrogen-bond donors (Lipinski definition) is 4. The molecule has 0 atom stereocenters. The number of anilines is 3. The number of pyridine rings is 1. The van der Waals surface area contributed by atoms with Crippen LogP contribution in [0.4, 0.5) is 17.3 Å². The van der Waals surface area contributed by atoms with E-state index in [-0.39, 0.29) is 11.5 Å². The summed E-state index contributed by atoms with van der Waals surface area (Å²) in [7, 11) is 0. The molecule has 4 rings (SSSR count). The van der Waals surface area contributed by atoms with Gasteiger partial charge in [0.05, 0.1) is 0 Å². The van der Waals surface area contributed by atoms with Gasteiger partial charge in [0.25, 0.3) is 11.5 Å².